The Morgan fingerprint density at radius 1 is 0.786 bits per heavy atom. The van der Waals surface area contributed by atoms with Crippen molar-refractivity contribution in [2.75, 3.05) is 0 Å². The van der Waals surface area contributed by atoms with E-state index in [4.69, 9.17) is 0 Å². The quantitative estimate of drug-likeness (QED) is 0.406. The molecule has 2 unspecified atom stereocenters. The number of carboxylic acids is 1. The number of carbonyl (C=O) groups is 3. The fourth-order valence-electron chi connectivity index (χ4n) is 2.48. The predicted octanol–water partition coefficient (Wildman–Crippen LogP) is -0.163. The van der Waals surface area contributed by atoms with Crippen molar-refractivity contribution < 1.29 is 29.7 Å². The standard InChI is InChI=1S/C20H22N2O6/c23-16(18(25)21-12-14-9-5-2-6-10-14)17(24)19(26)22-15(20(27)28)11-13-7-3-1-4-8-13/h1-10,15-17,23-24H,11-12H2,(H,21,25)(H,22,26)(H,27,28)/t15-,16?,17?/m0/s1. The Bertz CT molecular complexity index is 797. The average Bonchev–Trinajstić information content (AvgIpc) is 2.71. The van der Waals surface area contributed by atoms with Crippen molar-refractivity contribution in [3.8, 4) is 0 Å². The zero-order chi connectivity index (χ0) is 20.5. The maximum atomic E-state index is 12.1. The highest BCUT2D eigenvalue weighted by Gasteiger charge is 2.32. The summed E-state index contributed by atoms with van der Waals surface area (Å²) in [4.78, 5) is 35.4. The van der Waals surface area contributed by atoms with Crippen LogP contribution in [0.2, 0.25) is 0 Å². The number of aliphatic carboxylic acids is 1. The van der Waals surface area contributed by atoms with Gasteiger partial charge in [0.1, 0.15) is 6.04 Å². The van der Waals surface area contributed by atoms with Crippen LogP contribution in [0.1, 0.15) is 11.1 Å². The van der Waals surface area contributed by atoms with E-state index in [2.05, 4.69) is 10.6 Å². The summed E-state index contributed by atoms with van der Waals surface area (Å²) >= 11 is 0. The molecule has 2 aromatic carbocycles. The third-order valence-corrected chi connectivity index (χ3v) is 4.04. The molecule has 2 rings (SSSR count). The third kappa shape index (κ3) is 6.19. The van der Waals surface area contributed by atoms with Gasteiger partial charge in [-0.15, -0.1) is 0 Å². The second-order valence-corrected chi connectivity index (χ2v) is 6.18. The second kappa shape index (κ2) is 10.2. The van der Waals surface area contributed by atoms with Gasteiger partial charge in [0.2, 0.25) is 0 Å². The van der Waals surface area contributed by atoms with E-state index in [9.17, 15) is 29.7 Å². The van der Waals surface area contributed by atoms with Gasteiger partial charge in [0.15, 0.2) is 12.2 Å². The number of amides is 2. The van der Waals surface area contributed by atoms with Gasteiger partial charge in [-0.3, -0.25) is 9.59 Å². The van der Waals surface area contributed by atoms with Gasteiger partial charge in [-0.1, -0.05) is 60.7 Å². The van der Waals surface area contributed by atoms with Crippen LogP contribution in [0.4, 0.5) is 0 Å². The lowest BCUT2D eigenvalue weighted by molar-refractivity contribution is -0.149. The lowest BCUT2D eigenvalue weighted by atomic mass is 10.1. The summed E-state index contributed by atoms with van der Waals surface area (Å²) in [7, 11) is 0. The number of hydrogen-bond acceptors (Lipinski definition) is 5. The summed E-state index contributed by atoms with van der Waals surface area (Å²) < 4.78 is 0. The highest BCUT2D eigenvalue weighted by Crippen LogP contribution is 2.05. The molecule has 0 aliphatic rings. The van der Waals surface area contributed by atoms with E-state index in [0.29, 0.717) is 5.56 Å². The Kier molecular flexibility index (Phi) is 7.67. The van der Waals surface area contributed by atoms with Crippen molar-refractivity contribution in [3.63, 3.8) is 0 Å². The first-order chi connectivity index (χ1) is 13.4. The van der Waals surface area contributed by atoms with Crippen LogP contribution in [0.25, 0.3) is 0 Å². The molecule has 0 radical (unpaired) electrons. The molecule has 0 aliphatic carbocycles. The van der Waals surface area contributed by atoms with Gasteiger partial charge in [-0.25, -0.2) is 4.79 Å². The molecule has 0 saturated carbocycles. The Morgan fingerprint density at radius 2 is 1.29 bits per heavy atom. The van der Waals surface area contributed by atoms with Crippen molar-refractivity contribution in [1.29, 1.82) is 0 Å². The maximum absolute atomic E-state index is 12.1. The van der Waals surface area contributed by atoms with Crippen LogP contribution in [0.15, 0.2) is 60.7 Å². The molecule has 0 aromatic heterocycles. The molecule has 0 heterocycles. The number of nitrogens with one attached hydrogen (secondary N) is 2. The van der Waals surface area contributed by atoms with Gasteiger partial charge in [0, 0.05) is 13.0 Å². The summed E-state index contributed by atoms with van der Waals surface area (Å²) in [5.74, 6) is -3.39. The zero-order valence-electron chi connectivity index (χ0n) is 15.0. The van der Waals surface area contributed by atoms with Gasteiger partial charge in [0.25, 0.3) is 11.8 Å². The summed E-state index contributed by atoms with van der Waals surface area (Å²) in [5, 5.41) is 33.7. The van der Waals surface area contributed by atoms with Crippen LogP contribution in [-0.2, 0) is 27.3 Å². The van der Waals surface area contributed by atoms with Crippen LogP contribution in [-0.4, -0.2) is 51.4 Å². The molecule has 0 aliphatic heterocycles. The minimum absolute atomic E-state index is 0.00900. The number of carbonyl (C=O) groups excluding carboxylic acids is 2. The summed E-state index contributed by atoms with van der Waals surface area (Å²) in [6, 6.07) is 16.2. The van der Waals surface area contributed by atoms with Crippen molar-refractivity contribution in [1.82, 2.24) is 10.6 Å². The highest BCUT2D eigenvalue weighted by atomic mass is 16.4. The lowest BCUT2D eigenvalue weighted by Gasteiger charge is -2.20. The highest BCUT2D eigenvalue weighted by molar-refractivity contribution is 5.92. The predicted molar refractivity (Wildman–Crippen MR) is 100 cm³/mol. The molecule has 0 fully saturated rings. The molecule has 148 valence electrons. The van der Waals surface area contributed by atoms with Gasteiger partial charge in [-0.05, 0) is 11.1 Å². The van der Waals surface area contributed by atoms with Crippen LogP contribution in [0, 0.1) is 0 Å². The average molecular weight is 386 g/mol. The molecule has 0 spiro atoms. The molecular weight excluding hydrogens is 364 g/mol. The molecule has 0 saturated heterocycles. The minimum Gasteiger partial charge on any atom is -0.480 e. The van der Waals surface area contributed by atoms with Gasteiger partial charge < -0.3 is 26.0 Å². The van der Waals surface area contributed by atoms with Crippen LogP contribution >= 0.6 is 0 Å². The largest absolute Gasteiger partial charge is 0.480 e. The smallest absolute Gasteiger partial charge is 0.326 e. The van der Waals surface area contributed by atoms with E-state index in [-0.39, 0.29) is 13.0 Å². The first-order valence-electron chi connectivity index (χ1n) is 8.63. The Balaban J connectivity index is 1.91. The van der Waals surface area contributed by atoms with Crippen LogP contribution in [0.3, 0.4) is 0 Å². The maximum Gasteiger partial charge on any atom is 0.326 e. The molecule has 8 nitrogen and oxygen atoms in total. The molecule has 8 heteroatoms. The van der Waals surface area contributed by atoms with Gasteiger partial charge >= 0.3 is 5.97 Å². The minimum atomic E-state index is -2.10. The first-order valence-corrected chi connectivity index (χ1v) is 8.63. The SMILES string of the molecule is O=C(NCc1ccccc1)C(O)C(O)C(=O)N[C@@H](Cc1ccccc1)C(=O)O. The van der Waals surface area contributed by atoms with E-state index < -0.39 is 36.0 Å². The van der Waals surface area contributed by atoms with Crippen LogP contribution < -0.4 is 10.6 Å². The van der Waals surface area contributed by atoms with Crippen molar-refractivity contribution in [2.24, 2.45) is 0 Å². The molecule has 2 amide bonds. The van der Waals surface area contributed by atoms with E-state index in [0.717, 1.165) is 5.56 Å². The van der Waals surface area contributed by atoms with Crippen molar-refractivity contribution in [2.45, 2.75) is 31.2 Å². The first kappa shape index (κ1) is 21.1. The Labute approximate surface area is 161 Å². The summed E-state index contributed by atoms with van der Waals surface area (Å²) in [6.45, 7) is 0.108. The van der Waals surface area contributed by atoms with E-state index in [1.807, 2.05) is 6.07 Å². The summed E-state index contributed by atoms with van der Waals surface area (Å²) in [6.07, 6.45) is -4.14. The zero-order valence-corrected chi connectivity index (χ0v) is 15.0. The number of carboxylic acid groups (broad SMARTS) is 1. The van der Waals surface area contributed by atoms with Crippen molar-refractivity contribution >= 4 is 17.8 Å². The Hall–Kier alpha value is -3.23. The fourth-order valence-corrected chi connectivity index (χ4v) is 2.48. The molecule has 0 bridgehead atoms. The van der Waals surface area contributed by atoms with Gasteiger partial charge in [0.05, 0.1) is 0 Å². The van der Waals surface area contributed by atoms with E-state index in [1.54, 1.807) is 54.6 Å². The summed E-state index contributed by atoms with van der Waals surface area (Å²) in [5.41, 5.74) is 1.45. The normalized spacial score (nSPS) is 13.8. The lowest BCUT2D eigenvalue weighted by Crippen LogP contribution is -2.53. The second-order valence-electron chi connectivity index (χ2n) is 6.18. The van der Waals surface area contributed by atoms with E-state index >= 15 is 0 Å². The number of rotatable bonds is 9. The number of benzene rings is 2. The molecule has 2 aromatic rings. The third-order valence-electron chi connectivity index (χ3n) is 4.04. The Morgan fingerprint density at radius 3 is 1.82 bits per heavy atom. The number of hydrogen-bond donors (Lipinski definition) is 5. The molecular formula is C20H22N2O6. The fraction of sp³-hybridized carbons (Fsp3) is 0.250. The topological polar surface area (TPSA) is 136 Å². The van der Waals surface area contributed by atoms with E-state index in [1.165, 1.54) is 0 Å². The number of aliphatic hydroxyl groups excluding tert-OH is 2. The van der Waals surface area contributed by atoms with Gasteiger partial charge in [-0.2, -0.15) is 0 Å². The molecule has 28 heavy (non-hydrogen) atoms. The van der Waals surface area contributed by atoms with Crippen LogP contribution in [0.5, 0.6) is 0 Å². The molecule has 3 atom stereocenters. The van der Waals surface area contributed by atoms with Crippen molar-refractivity contribution in [3.05, 3.63) is 71.8 Å². The number of aliphatic hydroxyl groups is 2. The molecule has 5 N–H and O–H groups in total. The monoisotopic (exact) mass is 386 g/mol.